The standard InChI is InChI=1S/C10H13ClF3N3/c11-6-8-9(10(12,13)14)17(16-15-8)7-4-2-1-3-5-7/h7H,1-6H2. The number of hydrogen-bond acceptors (Lipinski definition) is 2. The lowest BCUT2D eigenvalue weighted by Crippen LogP contribution is -2.22. The van der Waals surface area contributed by atoms with Crippen LogP contribution in [0.2, 0.25) is 0 Å². The van der Waals surface area contributed by atoms with Crippen LogP contribution in [0.1, 0.15) is 49.5 Å². The molecule has 7 heteroatoms. The van der Waals surface area contributed by atoms with Gasteiger partial charge in [-0.25, -0.2) is 4.68 Å². The molecule has 1 saturated carbocycles. The molecule has 0 unspecified atom stereocenters. The molecule has 0 saturated heterocycles. The molecule has 0 spiro atoms. The number of nitrogens with zero attached hydrogens (tertiary/aromatic N) is 3. The second kappa shape index (κ2) is 4.84. The van der Waals surface area contributed by atoms with E-state index in [4.69, 9.17) is 11.6 Å². The van der Waals surface area contributed by atoms with E-state index in [1.54, 1.807) is 0 Å². The van der Waals surface area contributed by atoms with Gasteiger partial charge in [-0.15, -0.1) is 16.7 Å². The molecule has 0 amide bonds. The fourth-order valence-electron chi connectivity index (χ4n) is 2.29. The van der Waals surface area contributed by atoms with E-state index in [9.17, 15) is 13.2 Å². The van der Waals surface area contributed by atoms with E-state index in [2.05, 4.69) is 10.3 Å². The van der Waals surface area contributed by atoms with Crippen molar-refractivity contribution < 1.29 is 13.2 Å². The van der Waals surface area contributed by atoms with Crippen LogP contribution >= 0.6 is 11.6 Å². The van der Waals surface area contributed by atoms with Gasteiger partial charge in [0.2, 0.25) is 0 Å². The van der Waals surface area contributed by atoms with Crippen molar-refractivity contribution in [1.29, 1.82) is 0 Å². The quantitative estimate of drug-likeness (QED) is 0.768. The minimum atomic E-state index is -4.44. The Kier molecular flexibility index (Phi) is 3.61. The summed E-state index contributed by atoms with van der Waals surface area (Å²) >= 11 is 5.47. The van der Waals surface area contributed by atoms with Crippen LogP contribution in [0.25, 0.3) is 0 Å². The Morgan fingerprint density at radius 1 is 1.24 bits per heavy atom. The van der Waals surface area contributed by atoms with E-state index in [-0.39, 0.29) is 17.6 Å². The van der Waals surface area contributed by atoms with Gasteiger partial charge in [-0.05, 0) is 12.8 Å². The van der Waals surface area contributed by atoms with Crippen molar-refractivity contribution in [3.8, 4) is 0 Å². The molecule has 96 valence electrons. The van der Waals surface area contributed by atoms with Crippen LogP contribution in [0, 0.1) is 0 Å². The van der Waals surface area contributed by atoms with Crippen LogP contribution in [-0.2, 0) is 12.1 Å². The molecule has 1 fully saturated rings. The molecule has 0 bridgehead atoms. The Balaban J connectivity index is 2.36. The SMILES string of the molecule is FC(F)(F)c1c(CCl)nnn1C1CCCCC1. The Bertz CT molecular complexity index is 383. The van der Waals surface area contributed by atoms with E-state index in [1.807, 2.05) is 0 Å². The van der Waals surface area contributed by atoms with Crippen LogP contribution < -0.4 is 0 Å². The highest BCUT2D eigenvalue weighted by atomic mass is 35.5. The van der Waals surface area contributed by atoms with Gasteiger partial charge in [0, 0.05) is 0 Å². The minimum absolute atomic E-state index is 0.176. The lowest BCUT2D eigenvalue weighted by molar-refractivity contribution is -0.145. The van der Waals surface area contributed by atoms with Gasteiger partial charge in [-0.1, -0.05) is 24.5 Å². The summed E-state index contributed by atoms with van der Waals surface area (Å²) in [5, 5.41) is 7.18. The maximum absolute atomic E-state index is 12.9. The topological polar surface area (TPSA) is 30.7 Å². The Labute approximate surface area is 102 Å². The van der Waals surface area contributed by atoms with Crippen molar-refractivity contribution in [1.82, 2.24) is 15.0 Å². The average Bonchev–Trinajstić information content (AvgIpc) is 2.73. The number of hydrogen-bond donors (Lipinski definition) is 0. The lowest BCUT2D eigenvalue weighted by atomic mass is 9.95. The highest BCUT2D eigenvalue weighted by Gasteiger charge is 2.40. The Morgan fingerprint density at radius 3 is 2.41 bits per heavy atom. The van der Waals surface area contributed by atoms with E-state index in [0.29, 0.717) is 0 Å². The molecule has 17 heavy (non-hydrogen) atoms. The average molecular weight is 268 g/mol. The summed E-state index contributed by atoms with van der Waals surface area (Å²) in [4.78, 5) is 0. The largest absolute Gasteiger partial charge is 0.434 e. The zero-order valence-electron chi connectivity index (χ0n) is 9.17. The van der Waals surface area contributed by atoms with Gasteiger partial charge in [-0.2, -0.15) is 13.2 Å². The molecule has 0 aromatic carbocycles. The molecule has 0 aliphatic heterocycles. The van der Waals surface area contributed by atoms with Gasteiger partial charge in [0.1, 0.15) is 5.69 Å². The molecule has 2 rings (SSSR count). The molecule has 1 heterocycles. The molecule has 0 atom stereocenters. The second-order valence-electron chi connectivity index (χ2n) is 4.25. The van der Waals surface area contributed by atoms with Crippen molar-refractivity contribution >= 4 is 11.6 Å². The first kappa shape index (κ1) is 12.7. The normalized spacial score (nSPS) is 18.6. The van der Waals surface area contributed by atoms with E-state index >= 15 is 0 Å². The first-order valence-electron chi connectivity index (χ1n) is 5.61. The Morgan fingerprint density at radius 2 is 1.88 bits per heavy atom. The van der Waals surface area contributed by atoms with Crippen LogP contribution in [0.4, 0.5) is 13.2 Å². The number of halogens is 4. The molecule has 0 radical (unpaired) electrons. The summed E-state index contributed by atoms with van der Waals surface area (Å²) in [5.41, 5.74) is -0.954. The molecular formula is C10H13ClF3N3. The molecule has 3 nitrogen and oxygen atoms in total. The van der Waals surface area contributed by atoms with Gasteiger partial charge in [-0.3, -0.25) is 0 Å². The van der Waals surface area contributed by atoms with Crippen LogP contribution in [0.5, 0.6) is 0 Å². The summed E-state index contributed by atoms with van der Waals surface area (Å²) in [6.07, 6.45) is -0.0154. The Hall–Kier alpha value is -0.780. The first-order valence-corrected chi connectivity index (χ1v) is 6.14. The predicted molar refractivity (Wildman–Crippen MR) is 56.7 cm³/mol. The number of aromatic nitrogens is 3. The summed E-state index contributed by atoms with van der Waals surface area (Å²) in [7, 11) is 0. The van der Waals surface area contributed by atoms with Crippen molar-refractivity contribution in [2.24, 2.45) is 0 Å². The zero-order chi connectivity index (χ0) is 12.5. The molecule has 1 aliphatic rings. The number of rotatable bonds is 2. The molecular weight excluding hydrogens is 255 g/mol. The third-order valence-electron chi connectivity index (χ3n) is 3.08. The van der Waals surface area contributed by atoms with E-state index in [1.165, 1.54) is 0 Å². The molecule has 0 N–H and O–H groups in total. The highest BCUT2D eigenvalue weighted by Crippen LogP contribution is 2.36. The fraction of sp³-hybridized carbons (Fsp3) is 0.800. The third-order valence-corrected chi connectivity index (χ3v) is 3.33. The van der Waals surface area contributed by atoms with Gasteiger partial charge in [0.15, 0.2) is 5.69 Å². The molecule has 1 aromatic rings. The van der Waals surface area contributed by atoms with Crippen molar-refractivity contribution in [3.05, 3.63) is 11.4 Å². The van der Waals surface area contributed by atoms with Crippen LogP contribution in [-0.4, -0.2) is 15.0 Å². The summed E-state index contributed by atoms with van der Waals surface area (Å²) in [6.45, 7) is 0. The first-order chi connectivity index (χ1) is 8.04. The van der Waals surface area contributed by atoms with Crippen molar-refractivity contribution in [2.75, 3.05) is 0 Å². The maximum Gasteiger partial charge on any atom is 0.434 e. The third kappa shape index (κ3) is 2.56. The smallest absolute Gasteiger partial charge is 0.237 e. The van der Waals surface area contributed by atoms with Gasteiger partial charge in [0.05, 0.1) is 11.9 Å². The summed E-state index contributed by atoms with van der Waals surface area (Å²) < 4.78 is 39.8. The summed E-state index contributed by atoms with van der Waals surface area (Å²) in [5.74, 6) is -0.262. The summed E-state index contributed by atoms with van der Waals surface area (Å²) in [6, 6.07) is -0.190. The van der Waals surface area contributed by atoms with Crippen LogP contribution in [0.3, 0.4) is 0 Å². The minimum Gasteiger partial charge on any atom is -0.237 e. The van der Waals surface area contributed by atoms with Gasteiger partial charge < -0.3 is 0 Å². The van der Waals surface area contributed by atoms with Crippen LogP contribution in [0.15, 0.2) is 0 Å². The maximum atomic E-state index is 12.9. The highest BCUT2D eigenvalue weighted by molar-refractivity contribution is 6.16. The predicted octanol–water partition coefficient (Wildman–Crippen LogP) is 3.54. The van der Waals surface area contributed by atoms with E-state index < -0.39 is 11.9 Å². The van der Waals surface area contributed by atoms with Gasteiger partial charge in [0.25, 0.3) is 0 Å². The van der Waals surface area contributed by atoms with Crippen molar-refractivity contribution in [3.63, 3.8) is 0 Å². The van der Waals surface area contributed by atoms with E-state index in [0.717, 1.165) is 36.8 Å². The van der Waals surface area contributed by atoms with Crippen molar-refractivity contribution in [2.45, 2.75) is 50.2 Å². The second-order valence-corrected chi connectivity index (χ2v) is 4.52. The fourth-order valence-corrected chi connectivity index (χ4v) is 2.47. The molecule has 1 aliphatic carbocycles. The number of alkyl halides is 4. The zero-order valence-corrected chi connectivity index (χ0v) is 9.93. The van der Waals surface area contributed by atoms with Gasteiger partial charge >= 0.3 is 6.18 Å². The molecule has 1 aromatic heterocycles. The monoisotopic (exact) mass is 267 g/mol. The lowest BCUT2D eigenvalue weighted by Gasteiger charge is -2.23.